The van der Waals surface area contributed by atoms with Crippen molar-refractivity contribution in [2.75, 3.05) is 39.3 Å². The monoisotopic (exact) mass is 271 g/mol. The van der Waals surface area contributed by atoms with Crippen molar-refractivity contribution in [3.8, 4) is 0 Å². The van der Waals surface area contributed by atoms with Crippen molar-refractivity contribution < 1.29 is 14.7 Å². The third-order valence-electron chi connectivity index (χ3n) is 3.32. The fraction of sp³-hybridized carbons (Fsp3) is 0.846. The summed E-state index contributed by atoms with van der Waals surface area (Å²) in [5.74, 6) is -0.825. The van der Waals surface area contributed by atoms with Crippen LogP contribution in [0.15, 0.2) is 0 Å². The summed E-state index contributed by atoms with van der Waals surface area (Å²) >= 11 is 0. The maximum atomic E-state index is 12.2. The van der Waals surface area contributed by atoms with Crippen molar-refractivity contribution >= 4 is 11.9 Å². The second-order valence-electron chi connectivity index (χ2n) is 4.91. The summed E-state index contributed by atoms with van der Waals surface area (Å²) in [6, 6.07) is -0.595. The molecular formula is C13H25N3O3. The summed E-state index contributed by atoms with van der Waals surface area (Å²) in [5, 5.41) is 12.2. The van der Waals surface area contributed by atoms with Gasteiger partial charge in [-0.1, -0.05) is 13.8 Å². The summed E-state index contributed by atoms with van der Waals surface area (Å²) in [4.78, 5) is 27.0. The third kappa shape index (κ3) is 4.80. The van der Waals surface area contributed by atoms with Crippen molar-refractivity contribution in [1.82, 2.24) is 15.1 Å². The van der Waals surface area contributed by atoms with E-state index >= 15 is 0 Å². The van der Waals surface area contributed by atoms with Crippen LogP contribution in [-0.2, 0) is 9.59 Å². The molecule has 0 radical (unpaired) electrons. The van der Waals surface area contributed by atoms with Crippen molar-refractivity contribution in [2.45, 2.75) is 32.7 Å². The SMILES string of the molecule is CCCN(CCC)C(=O)CN1CCNCC1C(=O)O. The fourth-order valence-electron chi connectivity index (χ4n) is 2.35. The van der Waals surface area contributed by atoms with Gasteiger partial charge < -0.3 is 15.3 Å². The van der Waals surface area contributed by atoms with E-state index in [0.29, 0.717) is 13.1 Å². The predicted molar refractivity (Wildman–Crippen MR) is 73.0 cm³/mol. The van der Waals surface area contributed by atoms with Crippen LogP contribution in [0.3, 0.4) is 0 Å². The van der Waals surface area contributed by atoms with E-state index in [2.05, 4.69) is 5.32 Å². The molecule has 1 amide bonds. The Morgan fingerprint density at radius 3 is 2.47 bits per heavy atom. The molecule has 6 nitrogen and oxygen atoms in total. The lowest BCUT2D eigenvalue weighted by Crippen LogP contribution is -2.57. The number of hydrogen-bond acceptors (Lipinski definition) is 4. The standard InChI is InChI=1S/C13H25N3O3/c1-3-6-15(7-4-2)12(17)10-16-8-5-14-9-11(16)13(18)19/h11,14H,3-10H2,1-2H3,(H,18,19). The van der Waals surface area contributed by atoms with E-state index in [4.69, 9.17) is 5.11 Å². The maximum Gasteiger partial charge on any atom is 0.322 e. The number of hydrogen-bond donors (Lipinski definition) is 2. The molecule has 1 rings (SSSR count). The summed E-state index contributed by atoms with van der Waals surface area (Å²) in [5.41, 5.74) is 0. The molecule has 0 spiro atoms. The van der Waals surface area contributed by atoms with Crippen LogP contribution in [0.1, 0.15) is 26.7 Å². The van der Waals surface area contributed by atoms with Gasteiger partial charge in [-0.3, -0.25) is 14.5 Å². The molecule has 1 heterocycles. The second kappa shape index (κ2) is 8.12. The molecule has 1 aliphatic heterocycles. The Morgan fingerprint density at radius 1 is 1.32 bits per heavy atom. The van der Waals surface area contributed by atoms with Gasteiger partial charge in [0, 0.05) is 32.7 Å². The summed E-state index contributed by atoms with van der Waals surface area (Å²) in [7, 11) is 0. The quantitative estimate of drug-likeness (QED) is 0.681. The first-order chi connectivity index (χ1) is 9.10. The van der Waals surface area contributed by atoms with Gasteiger partial charge in [-0.05, 0) is 12.8 Å². The molecule has 110 valence electrons. The van der Waals surface area contributed by atoms with E-state index < -0.39 is 12.0 Å². The first-order valence-electron chi connectivity index (χ1n) is 7.05. The van der Waals surface area contributed by atoms with Gasteiger partial charge in [0.05, 0.1) is 6.54 Å². The smallest absolute Gasteiger partial charge is 0.322 e. The molecule has 1 aliphatic rings. The number of carboxylic acids is 1. The number of piperazine rings is 1. The molecule has 0 aromatic heterocycles. The number of rotatable bonds is 7. The largest absolute Gasteiger partial charge is 0.480 e. The molecule has 0 aromatic carbocycles. The van der Waals surface area contributed by atoms with Crippen LogP contribution in [-0.4, -0.2) is 72.1 Å². The van der Waals surface area contributed by atoms with Crippen molar-refractivity contribution in [3.63, 3.8) is 0 Å². The molecule has 0 bridgehead atoms. The lowest BCUT2D eigenvalue weighted by atomic mass is 10.2. The van der Waals surface area contributed by atoms with Crippen LogP contribution in [0, 0.1) is 0 Å². The Labute approximate surface area is 114 Å². The number of nitrogens with one attached hydrogen (secondary N) is 1. The van der Waals surface area contributed by atoms with Gasteiger partial charge in [-0.25, -0.2) is 0 Å². The van der Waals surface area contributed by atoms with Gasteiger partial charge in [-0.2, -0.15) is 0 Å². The van der Waals surface area contributed by atoms with Gasteiger partial charge in [-0.15, -0.1) is 0 Å². The third-order valence-corrected chi connectivity index (χ3v) is 3.32. The van der Waals surface area contributed by atoms with E-state index in [1.54, 1.807) is 4.90 Å². The number of carbonyl (C=O) groups is 2. The molecule has 1 saturated heterocycles. The van der Waals surface area contributed by atoms with Gasteiger partial charge >= 0.3 is 5.97 Å². The molecule has 0 aliphatic carbocycles. The van der Waals surface area contributed by atoms with E-state index in [1.165, 1.54) is 0 Å². The van der Waals surface area contributed by atoms with Crippen molar-refractivity contribution in [1.29, 1.82) is 0 Å². The molecule has 1 atom stereocenters. The Bertz CT molecular complexity index is 304. The lowest BCUT2D eigenvalue weighted by Gasteiger charge is -2.34. The summed E-state index contributed by atoms with van der Waals surface area (Å²) in [6.45, 7) is 7.53. The van der Waals surface area contributed by atoms with Crippen LogP contribution in [0.4, 0.5) is 0 Å². The summed E-state index contributed by atoms with van der Waals surface area (Å²) in [6.07, 6.45) is 1.85. The van der Waals surface area contributed by atoms with Gasteiger partial charge in [0.15, 0.2) is 0 Å². The van der Waals surface area contributed by atoms with Crippen molar-refractivity contribution in [2.24, 2.45) is 0 Å². The molecule has 0 aromatic rings. The minimum Gasteiger partial charge on any atom is -0.480 e. The highest BCUT2D eigenvalue weighted by Gasteiger charge is 2.30. The molecular weight excluding hydrogens is 246 g/mol. The topological polar surface area (TPSA) is 72.9 Å². The van der Waals surface area contributed by atoms with Crippen molar-refractivity contribution in [3.05, 3.63) is 0 Å². The van der Waals surface area contributed by atoms with E-state index in [9.17, 15) is 9.59 Å². The van der Waals surface area contributed by atoms with Crippen LogP contribution >= 0.6 is 0 Å². The maximum absolute atomic E-state index is 12.2. The number of carbonyl (C=O) groups excluding carboxylic acids is 1. The zero-order valence-electron chi connectivity index (χ0n) is 11.9. The zero-order chi connectivity index (χ0) is 14.3. The number of aliphatic carboxylic acids is 1. The number of amides is 1. The van der Waals surface area contributed by atoms with Crippen LogP contribution in [0.5, 0.6) is 0 Å². The average molecular weight is 271 g/mol. The average Bonchev–Trinajstić information content (AvgIpc) is 2.38. The molecule has 0 saturated carbocycles. The minimum atomic E-state index is -0.863. The van der Waals surface area contributed by atoms with E-state index in [-0.39, 0.29) is 12.5 Å². The Hall–Kier alpha value is -1.14. The first kappa shape index (κ1) is 15.9. The van der Waals surface area contributed by atoms with Crippen LogP contribution in [0.2, 0.25) is 0 Å². The Morgan fingerprint density at radius 2 is 1.95 bits per heavy atom. The first-order valence-corrected chi connectivity index (χ1v) is 7.05. The number of nitrogens with zero attached hydrogens (tertiary/aromatic N) is 2. The lowest BCUT2D eigenvalue weighted by molar-refractivity contribution is -0.145. The number of carboxylic acid groups (broad SMARTS) is 1. The highest BCUT2D eigenvalue weighted by atomic mass is 16.4. The second-order valence-corrected chi connectivity index (χ2v) is 4.91. The molecule has 1 fully saturated rings. The fourth-order valence-corrected chi connectivity index (χ4v) is 2.35. The highest BCUT2D eigenvalue weighted by Crippen LogP contribution is 2.05. The molecule has 2 N–H and O–H groups in total. The van der Waals surface area contributed by atoms with Gasteiger partial charge in [0.25, 0.3) is 0 Å². The summed E-state index contributed by atoms with van der Waals surface area (Å²) < 4.78 is 0. The highest BCUT2D eigenvalue weighted by molar-refractivity contribution is 5.80. The van der Waals surface area contributed by atoms with Gasteiger partial charge in [0.1, 0.15) is 6.04 Å². The normalized spacial score (nSPS) is 20.2. The van der Waals surface area contributed by atoms with E-state index in [1.807, 2.05) is 18.7 Å². The Kier molecular flexibility index (Phi) is 6.80. The molecule has 6 heteroatoms. The predicted octanol–water partition coefficient (Wildman–Crippen LogP) is -0.00660. The minimum absolute atomic E-state index is 0.0388. The molecule has 1 unspecified atom stereocenters. The Balaban J connectivity index is 2.59. The van der Waals surface area contributed by atoms with Crippen LogP contribution in [0.25, 0.3) is 0 Å². The molecule has 19 heavy (non-hydrogen) atoms. The zero-order valence-corrected chi connectivity index (χ0v) is 11.9. The van der Waals surface area contributed by atoms with E-state index in [0.717, 1.165) is 32.5 Å². The van der Waals surface area contributed by atoms with Crippen LogP contribution < -0.4 is 5.32 Å². The van der Waals surface area contributed by atoms with Gasteiger partial charge in [0.2, 0.25) is 5.91 Å².